The zero-order valence-corrected chi connectivity index (χ0v) is 20.8. The van der Waals surface area contributed by atoms with Crippen molar-refractivity contribution in [3.63, 3.8) is 0 Å². The van der Waals surface area contributed by atoms with Gasteiger partial charge in [-0.05, 0) is 78.0 Å². The van der Waals surface area contributed by atoms with Gasteiger partial charge in [0.2, 0.25) is 5.91 Å². The molecule has 180 valence electrons. The van der Waals surface area contributed by atoms with Crippen LogP contribution in [0.2, 0.25) is 0 Å². The number of hydrogen-bond donors (Lipinski definition) is 1. The predicted octanol–water partition coefficient (Wildman–Crippen LogP) is 3.13. The van der Waals surface area contributed by atoms with Crippen LogP contribution in [0.4, 0.5) is 4.79 Å². The highest BCUT2D eigenvalue weighted by molar-refractivity contribution is 5.96. The van der Waals surface area contributed by atoms with E-state index in [4.69, 9.17) is 0 Å². The lowest BCUT2D eigenvalue weighted by Crippen LogP contribution is -2.54. The van der Waals surface area contributed by atoms with Crippen LogP contribution in [0.15, 0.2) is 24.4 Å². The summed E-state index contributed by atoms with van der Waals surface area (Å²) in [6.45, 7) is 7.55. The Morgan fingerprint density at radius 3 is 2.67 bits per heavy atom. The number of imide groups is 1. The second-order valence-corrected chi connectivity index (χ2v) is 9.91. The number of carbonyl (C=O) groups excluding carboxylic acids is 2. The van der Waals surface area contributed by atoms with Crippen molar-refractivity contribution in [3.05, 3.63) is 35.5 Å². The number of aryl methyl sites for hydroxylation is 1. The van der Waals surface area contributed by atoms with E-state index in [1.807, 2.05) is 21.0 Å². The maximum atomic E-state index is 13.7. The Labute approximate surface area is 197 Å². The number of hydrogen-bond acceptors (Lipinski definition) is 4. The molecule has 0 saturated carbocycles. The number of benzene rings is 1. The van der Waals surface area contributed by atoms with E-state index in [0.717, 1.165) is 32.4 Å². The zero-order chi connectivity index (χ0) is 23.7. The van der Waals surface area contributed by atoms with Gasteiger partial charge in [0.1, 0.15) is 0 Å². The van der Waals surface area contributed by atoms with Gasteiger partial charge in [0, 0.05) is 55.2 Å². The smallest absolute Gasteiger partial charge is 0.324 e. The molecule has 0 bridgehead atoms. The maximum absolute atomic E-state index is 13.7. The fraction of sp³-hybridized carbons (Fsp3) is 0.615. The van der Waals surface area contributed by atoms with Crippen LogP contribution >= 0.6 is 0 Å². The minimum Gasteiger partial charge on any atom is -0.347 e. The van der Waals surface area contributed by atoms with Gasteiger partial charge >= 0.3 is 6.03 Å². The number of piperidine rings is 1. The molecule has 1 aliphatic carbocycles. The Balaban J connectivity index is 1.60. The van der Waals surface area contributed by atoms with Gasteiger partial charge < -0.3 is 19.7 Å². The molecule has 2 aliphatic rings. The second kappa shape index (κ2) is 9.85. The minimum absolute atomic E-state index is 0.0332. The number of nitrogens with zero attached hydrogens (tertiary/aromatic N) is 4. The summed E-state index contributed by atoms with van der Waals surface area (Å²) in [7, 11) is 6.16. The van der Waals surface area contributed by atoms with E-state index >= 15 is 0 Å². The van der Waals surface area contributed by atoms with Gasteiger partial charge in [-0.3, -0.25) is 9.69 Å². The van der Waals surface area contributed by atoms with Gasteiger partial charge in [-0.1, -0.05) is 12.1 Å². The van der Waals surface area contributed by atoms with Crippen molar-refractivity contribution in [1.29, 1.82) is 0 Å². The highest BCUT2D eigenvalue weighted by atomic mass is 16.2. The summed E-state index contributed by atoms with van der Waals surface area (Å²) < 4.78 is 2.34. The molecule has 4 rings (SSSR count). The Morgan fingerprint density at radius 2 is 1.97 bits per heavy atom. The average molecular weight is 454 g/mol. The average Bonchev–Trinajstić information content (AvgIpc) is 3.16. The third-order valence-corrected chi connectivity index (χ3v) is 7.44. The molecule has 33 heavy (non-hydrogen) atoms. The zero-order valence-electron chi connectivity index (χ0n) is 20.8. The molecule has 0 radical (unpaired) electrons. The number of fused-ring (bicyclic) bond motifs is 2. The SMILES string of the molecule is CCNC(=O)N(CCCN(C)C)C(=O)[C@@H]1CC2c3cccc4c3c(cn4CC)C[C@H]2N(C)C1. The van der Waals surface area contributed by atoms with E-state index in [-0.39, 0.29) is 17.9 Å². The van der Waals surface area contributed by atoms with E-state index in [0.29, 0.717) is 31.6 Å². The molecule has 0 spiro atoms. The number of rotatable bonds is 7. The van der Waals surface area contributed by atoms with Crippen LogP contribution < -0.4 is 5.32 Å². The minimum atomic E-state index is -0.265. The fourth-order valence-electron chi connectivity index (χ4n) is 5.88. The van der Waals surface area contributed by atoms with Crippen molar-refractivity contribution in [3.8, 4) is 0 Å². The Morgan fingerprint density at radius 1 is 1.18 bits per heavy atom. The number of nitrogens with one attached hydrogen (secondary N) is 1. The maximum Gasteiger partial charge on any atom is 0.324 e. The van der Waals surface area contributed by atoms with Gasteiger partial charge in [-0.15, -0.1) is 0 Å². The Kier molecular flexibility index (Phi) is 7.10. The molecule has 1 N–H and O–H groups in total. The highest BCUT2D eigenvalue weighted by Crippen LogP contribution is 2.45. The van der Waals surface area contributed by atoms with Gasteiger partial charge in [0.25, 0.3) is 0 Å². The summed E-state index contributed by atoms with van der Waals surface area (Å²) in [5.74, 6) is 0.0943. The fourth-order valence-corrected chi connectivity index (χ4v) is 5.88. The molecule has 1 aromatic carbocycles. The molecular formula is C26H39N5O2. The first-order valence-electron chi connectivity index (χ1n) is 12.4. The lowest BCUT2D eigenvalue weighted by molar-refractivity contribution is -0.135. The second-order valence-electron chi connectivity index (χ2n) is 9.91. The summed E-state index contributed by atoms with van der Waals surface area (Å²) in [5.41, 5.74) is 4.09. The molecular weight excluding hydrogens is 414 g/mol. The highest BCUT2D eigenvalue weighted by Gasteiger charge is 2.43. The van der Waals surface area contributed by atoms with Crippen molar-refractivity contribution in [2.75, 3.05) is 47.3 Å². The molecule has 1 aromatic heterocycles. The van der Waals surface area contributed by atoms with E-state index in [1.165, 1.54) is 26.9 Å². The number of carbonyl (C=O) groups is 2. The molecule has 7 heteroatoms. The van der Waals surface area contributed by atoms with Gasteiger partial charge in [-0.25, -0.2) is 4.79 Å². The lowest BCUT2D eigenvalue weighted by atomic mass is 9.72. The first kappa shape index (κ1) is 23.8. The molecule has 3 amide bonds. The summed E-state index contributed by atoms with van der Waals surface area (Å²) in [4.78, 5) is 32.4. The number of likely N-dealkylation sites (N-methyl/N-ethyl adjacent to an activating group) is 1. The van der Waals surface area contributed by atoms with Crippen molar-refractivity contribution in [2.45, 2.75) is 51.6 Å². The van der Waals surface area contributed by atoms with Crippen LogP contribution in [0, 0.1) is 5.92 Å². The van der Waals surface area contributed by atoms with Crippen LogP contribution in [-0.4, -0.2) is 84.6 Å². The Bertz CT molecular complexity index is 1010. The topological polar surface area (TPSA) is 60.8 Å². The molecule has 2 aromatic rings. The molecule has 1 fully saturated rings. The molecule has 3 atom stereocenters. The third kappa shape index (κ3) is 4.53. The van der Waals surface area contributed by atoms with Gasteiger partial charge in [0.05, 0.1) is 5.92 Å². The predicted molar refractivity (Wildman–Crippen MR) is 133 cm³/mol. The summed E-state index contributed by atoms with van der Waals surface area (Å²) in [5, 5.41) is 4.23. The normalized spacial score (nSPS) is 22.4. The summed E-state index contributed by atoms with van der Waals surface area (Å²) >= 11 is 0. The first-order chi connectivity index (χ1) is 15.8. The standard InChI is InChI=1S/C26H39N5O2/c1-6-27-26(33)31(13-9-12-28(3)4)25(32)19-14-21-20-10-8-11-22-24(20)18(17-30(22)7-2)15-23(21)29(5)16-19/h8,10-11,17,19,21,23H,6-7,9,12-16H2,1-5H3,(H,27,33)/t19-,21?,23-/m1/s1. The van der Waals surface area contributed by atoms with Crippen molar-refractivity contribution < 1.29 is 9.59 Å². The first-order valence-corrected chi connectivity index (χ1v) is 12.4. The molecule has 1 aliphatic heterocycles. The quantitative estimate of drug-likeness (QED) is 0.700. The third-order valence-electron chi connectivity index (χ3n) is 7.44. The van der Waals surface area contributed by atoms with E-state index in [2.05, 4.69) is 58.1 Å². The summed E-state index contributed by atoms with van der Waals surface area (Å²) in [6.07, 6.45) is 4.91. The van der Waals surface area contributed by atoms with Crippen LogP contribution in [0.1, 0.15) is 43.7 Å². The van der Waals surface area contributed by atoms with Gasteiger partial charge in [-0.2, -0.15) is 0 Å². The van der Waals surface area contributed by atoms with Crippen LogP contribution in [0.3, 0.4) is 0 Å². The van der Waals surface area contributed by atoms with Crippen molar-refractivity contribution in [2.24, 2.45) is 5.92 Å². The number of amides is 3. The van der Waals surface area contributed by atoms with Crippen LogP contribution in [-0.2, 0) is 17.8 Å². The number of urea groups is 1. The van der Waals surface area contributed by atoms with Gasteiger partial charge in [0.15, 0.2) is 0 Å². The molecule has 2 heterocycles. The largest absolute Gasteiger partial charge is 0.347 e. The van der Waals surface area contributed by atoms with Crippen molar-refractivity contribution in [1.82, 2.24) is 24.6 Å². The van der Waals surface area contributed by atoms with Crippen LogP contribution in [0.25, 0.3) is 10.9 Å². The van der Waals surface area contributed by atoms with E-state index in [9.17, 15) is 9.59 Å². The number of aromatic nitrogens is 1. The van der Waals surface area contributed by atoms with E-state index < -0.39 is 0 Å². The molecule has 7 nitrogen and oxygen atoms in total. The monoisotopic (exact) mass is 453 g/mol. The number of likely N-dealkylation sites (tertiary alicyclic amines) is 1. The Hall–Kier alpha value is -2.38. The molecule has 1 saturated heterocycles. The molecule has 1 unspecified atom stereocenters. The van der Waals surface area contributed by atoms with E-state index in [1.54, 1.807) is 0 Å². The lowest BCUT2D eigenvalue weighted by Gasteiger charge is -2.45. The van der Waals surface area contributed by atoms with Crippen molar-refractivity contribution >= 4 is 22.8 Å². The summed E-state index contributed by atoms with van der Waals surface area (Å²) in [6, 6.07) is 6.75. The van der Waals surface area contributed by atoms with Crippen LogP contribution in [0.5, 0.6) is 0 Å².